The third-order valence-corrected chi connectivity index (χ3v) is 8.27. The fourth-order valence-corrected chi connectivity index (χ4v) is 6.08. The number of nitrogens with zero attached hydrogens (tertiary/aromatic N) is 2. The number of nitriles is 1. The van der Waals surface area contributed by atoms with Crippen LogP contribution in [0.3, 0.4) is 0 Å². The molecular weight excluding hydrogens is 517 g/mol. The van der Waals surface area contributed by atoms with E-state index < -0.39 is 72.2 Å². The number of nitrogens with one attached hydrogen (secondary N) is 3. The van der Waals surface area contributed by atoms with E-state index in [0.717, 1.165) is 11.3 Å². The van der Waals surface area contributed by atoms with Crippen molar-refractivity contribution in [1.29, 1.82) is 5.26 Å². The van der Waals surface area contributed by atoms with Crippen LogP contribution in [0.15, 0.2) is 0 Å². The topological polar surface area (TPSA) is 131 Å². The molecule has 0 aromatic heterocycles. The maximum absolute atomic E-state index is 14.9. The van der Waals surface area contributed by atoms with Crippen molar-refractivity contribution in [2.24, 2.45) is 17.8 Å². The third-order valence-electron chi connectivity index (χ3n) is 8.27. The van der Waals surface area contributed by atoms with E-state index in [-0.39, 0.29) is 37.5 Å². The standard InChI is InChI=1S/C24H30F5N5O4/c25-23(26)10-15-4-5-16(23)18(20(36)32-14(11-30)9-13-6-7-31-19(13)35)34(15)21(37)17(8-12-2-1-3-12)33-22(38)24(27,28)29/h12-18H,1-10H2,(H,31,35)(H,32,36)(H,33,38)/t13-,14+,15+,16+,17-,18+/m0/s1. The molecule has 38 heavy (non-hydrogen) atoms. The number of hydrogen-bond acceptors (Lipinski definition) is 5. The molecule has 3 saturated heterocycles. The van der Waals surface area contributed by atoms with Crippen LogP contribution in [0.25, 0.3) is 0 Å². The molecule has 0 aromatic carbocycles. The van der Waals surface area contributed by atoms with Crippen molar-refractivity contribution < 1.29 is 41.1 Å². The van der Waals surface area contributed by atoms with Crippen LogP contribution in [0.5, 0.6) is 0 Å². The van der Waals surface area contributed by atoms with Gasteiger partial charge in [-0.2, -0.15) is 18.4 Å². The second kappa shape index (κ2) is 10.6. The number of carbonyl (C=O) groups is 4. The SMILES string of the molecule is N#C[C@@H](C[C@@H]1CCNC1=O)NC(=O)[C@H]1[C@H]2CC[C@H](CC2(F)F)N1C(=O)[C@H](CC1CCC1)NC(=O)C(F)(F)F. The Labute approximate surface area is 215 Å². The van der Waals surface area contributed by atoms with Gasteiger partial charge in [0.1, 0.15) is 18.1 Å². The molecule has 5 fully saturated rings. The summed E-state index contributed by atoms with van der Waals surface area (Å²) in [6, 6.07) is -3.83. The van der Waals surface area contributed by atoms with Crippen LogP contribution >= 0.6 is 0 Å². The molecule has 0 unspecified atom stereocenters. The normalized spacial score (nSPS) is 30.0. The summed E-state index contributed by atoms with van der Waals surface area (Å²) in [6.07, 6.45) is -3.56. The van der Waals surface area contributed by atoms with Gasteiger partial charge in [0, 0.05) is 24.9 Å². The number of piperidine rings is 2. The number of carbonyl (C=O) groups excluding carboxylic acids is 4. The lowest BCUT2D eigenvalue weighted by Crippen LogP contribution is -2.71. The van der Waals surface area contributed by atoms with Gasteiger partial charge in [-0.15, -0.1) is 0 Å². The lowest BCUT2D eigenvalue weighted by atomic mass is 9.71. The average Bonchev–Trinajstić information content (AvgIpc) is 3.21. The Kier molecular flexibility index (Phi) is 7.86. The summed E-state index contributed by atoms with van der Waals surface area (Å²) in [6.45, 7) is 0.405. The molecule has 3 N–H and O–H groups in total. The highest BCUT2D eigenvalue weighted by Gasteiger charge is 2.61. The highest BCUT2D eigenvalue weighted by molar-refractivity contribution is 5.94. The molecule has 4 amide bonds. The first-order chi connectivity index (χ1) is 17.8. The predicted molar refractivity (Wildman–Crippen MR) is 120 cm³/mol. The molecule has 0 radical (unpaired) electrons. The molecule has 3 aliphatic heterocycles. The zero-order valence-corrected chi connectivity index (χ0v) is 20.5. The van der Waals surface area contributed by atoms with Gasteiger partial charge >= 0.3 is 12.1 Å². The van der Waals surface area contributed by atoms with Crippen molar-refractivity contribution in [2.75, 3.05) is 6.54 Å². The van der Waals surface area contributed by atoms with Crippen LogP contribution in [0.4, 0.5) is 22.0 Å². The molecular formula is C24H30F5N5O4. The van der Waals surface area contributed by atoms with Crippen LogP contribution in [-0.4, -0.2) is 71.3 Å². The molecule has 2 bridgehead atoms. The summed E-state index contributed by atoms with van der Waals surface area (Å²) in [5.74, 6) is -10.2. The molecule has 2 saturated carbocycles. The van der Waals surface area contributed by atoms with E-state index >= 15 is 0 Å². The second-order valence-electron chi connectivity index (χ2n) is 10.8. The quantitative estimate of drug-likeness (QED) is 0.399. The molecule has 210 valence electrons. The van der Waals surface area contributed by atoms with Gasteiger partial charge in [-0.3, -0.25) is 19.2 Å². The molecule has 3 heterocycles. The Morgan fingerprint density at radius 1 is 1.11 bits per heavy atom. The van der Waals surface area contributed by atoms with Gasteiger partial charge in [0.25, 0.3) is 5.92 Å². The molecule has 5 aliphatic rings. The summed E-state index contributed by atoms with van der Waals surface area (Å²) < 4.78 is 68.9. The van der Waals surface area contributed by atoms with Gasteiger partial charge < -0.3 is 20.9 Å². The van der Waals surface area contributed by atoms with Crippen LogP contribution in [0.1, 0.15) is 57.8 Å². The van der Waals surface area contributed by atoms with E-state index in [1.165, 1.54) is 0 Å². The number of rotatable bonds is 8. The Morgan fingerprint density at radius 2 is 1.82 bits per heavy atom. The van der Waals surface area contributed by atoms with Gasteiger partial charge in [0.2, 0.25) is 17.7 Å². The summed E-state index contributed by atoms with van der Waals surface area (Å²) in [4.78, 5) is 51.5. The molecule has 5 rings (SSSR count). The van der Waals surface area contributed by atoms with E-state index in [2.05, 4.69) is 10.6 Å². The van der Waals surface area contributed by atoms with E-state index in [9.17, 15) is 46.4 Å². The maximum atomic E-state index is 14.9. The van der Waals surface area contributed by atoms with Crippen molar-refractivity contribution in [1.82, 2.24) is 20.9 Å². The van der Waals surface area contributed by atoms with E-state index in [0.29, 0.717) is 25.8 Å². The number of fused-ring (bicyclic) bond motifs is 3. The molecule has 14 heteroatoms. The van der Waals surface area contributed by atoms with Crippen molar-refractivity contribution in [3.63, 3.8) is 0 Å². The van der Waals surface area contributed by atoms with Crippen LogP contribution in [0, 0.1) is 29.1 Å². The fourth-order valence-electron chi connectivity index (χ4n) is 6.08. The molecule has 0 aromatic rings. The van der Waals surface area contributed by atoms with Gasteiger partial charge in [0.05, 0.1) is 12.0 Å². The third kappa shape index (κ3) is 5.71. The Balaban J connectivity index is 1.58. The molecule has 9 nitrogen and oxygen atoms in total. The van der Waals surface area contributed by atoms with Gasteiger partial charge in [-0.05, 0) is 38.0 Å². The smallest absolute Gasteiger partial charge is 0.356 e. The highest BCUT2D eigenvalue weighted by Crippen LogP contribution is 2.49. The molecule has 0 spiro atoms. The lowest BCUT2D eigenvalue weighted by Gasteiger charge is -2.54. The zero-order valence-electron chi connectivity index (χ0n) is 20.5. The fraction of sp³-hybridized carbons (Fsp3) is 0.792. The minimum atomic E-state index is -5.25. The van der Waals surface area contributed by atoms with Crippen molar-refractivity contribution in [2.45, 2.75) is 94.1 Å². The largest absolute Gasteiger partial charge is 0.471 e. The zero-order chi connectivity index (χ0) is 27.8. The van der Waals surface area contributed by atoms with E-state index in [1.54, 1.807) is 5.32 Å². The van der Waals surface area contributed by atoms with Gasteiger partial charge in [-0.1, -0.05) is 19.3 Å². The average molecular weight is 548 g/mol. The van der Waals surface area contributed by atoms with Crippen LogP contribution in [-0.2, 0) is 19.2 Å². The monoisotopic (exact) mass is 547 g/mol. The van der Waals surface area contributed by atoms with Crippen molar-refractivity contribution in [3.8, 4) is 6.07 Å². The Bertz CT molecular complexity index is 1010. The van der Waals surface area contributed by atoms with Gasteiger partial charge in [0.15, 0.2) is 0 Å². The number of hydrogen-bond donors (Lipinski definition) is 3. The van der Waals surface area contributed by atoms with E-state index in [4.69, 9.17) is 0 Å². The minimum absolute atomic E-state index is 0.0504. The first kappa shape index (κ1) is 28.0. The first-order valence-corrected chi connectivity index (χ1v) is 12.9. The number of halogens is 5. The summed E-state index contributed by atoms with van der Waals surface area (Å²) in [5.41, 5.74) is 0. The first-order valence-electron chi connectivity index (χ1n) is 12.9. The Morgan fingerprint density at radius 3 is 2.34 bits per heavy atom. The highest BCUT2D eigenvalue weighted by atomic mass is 19.4. The van der Waals surface area contributed by atoms with Crippen LogP contribution < -0.4 is 16.0 Å². The molecule has 2 aliphatic carbocycles. The maximum Gasteiger partial charge on any atom is 0.471 e. The second-order valence-corrected chi connectivity index (χ2v) is 10.8. The van der Waals surface area contributed by atoms with Gasteiger partial charge in [-0.25, -0.2) is 8.78 Å². The van der Waals surface area contributed by atoms with Crippen LogP contribution in [0.2, 0.25) is 0 Å². The summed E-state index contributed by atoms with van der Waals surface area (Å²) in [5, 5.41) is 16.3. The number of alkyl halides is 5. The lowest BCUT2D eigenvalue weighted by molar-refractivity contribution is -0.196. The number of amides is 4. The minimum Gasteiger partial charge on any atom is -0.356 e. The predicted octanol–water partition coefficient (Wildman–Crippen LogP) is 1.77. The Hall–Kier alpha value is -2.98. The van der Waals surface area contributed by atoms with Crippen molar-refractivity contribution >= 4 is 23.6 Å². The van der Waals surface area contributed by atoms with E-state index in [1.807, 2.05) is 6.07 Å². The van der Waals surface area contributed by atoms with Crippen molar-refractivity contribution in [3.05, 3.63) is 0 Å². The molecule has 6 atom stereocenters. The summed E-state index contributed by atoms with van der Waals surface area (Å²) in [7, 11) is 0. The summed E-state index contributed by atoms with van der Waals surface area (Å²) >= 11 is 0.